The molecule has 106 valence electrons. The molecule has 0 bridgehead atoms. The molecule has 1 fully saturated rings. The van der Waals surface area contributed by atoms with Crippen LogP contribution >= 0.6 is 11.6 Å². The summed E-state index contributed by atoms with van der Waals surface area (Å²) in [6, 6.07) is 5.06. The van der Waals surface area contributed by atoms with Gasteiger partial charge in [0.1, 0.15) is 23.2 Å². The van der Waals surface area contributed by atoms with Crippen LogP contribution in [-0.2, 0) is 0 Å². The average Bonchev–Trinajstić information content (AvgIpc) is 3.16. The van der Waals surface area contributed by atoms with E-state index in [-0.39, 0.29) is 5.02 Å². The van der Waals surface area contributed by atoms with Crippen LogP contribution in [0.2, 0.25) is 5.02 Å². The normalized spacial score (nSPS) is 15.1. The van der Waals surface area contributed by atoms with E-state index in [0.29, 0.717) is 23.5 Å². The molecule has 0 aliphatic heterocycles. The molecule has 0 amide bonds. The molecule has 1 aromatic heterocycles. The fourth-order valence-electron chi connectivity index (χ4n) is 2.44. The highest BCUT2D eigenvalue weighted by Gasteiger charge is 2.30. The van der Waals surface area contributed by atoms with Crippen LogP contribution in [0.15, 0.2) is 18.2 Å². The molecule has 0 spiro atoms. The molecule has 1 aromatic carbocycles. The quantitative estimate of drug-likeness (QED) is 0.912. The van der Waals surface area contributed by atoms with Gasteiger partial charge in [-0.3, -0.25) is 0 Å². The SMILES string of the molecule is CC(C)c1nc(-c2ccc(F)c(Cl)c2)c(N)n1C1CC1. The van der Waals surface area contributed by atoms with Crippen molar-refractivity contribution in [1.82, 2.24) is 9.55 Å². The molecular formula is C15H17ClFN3. The number of nitrogens with zero attached hydrogens (tertiary/aromatic N) is 2. The van der Waals surface area contributed by atoms with E-state index in [1.54, 1.807) is 12.1 Å². The minimum atomic E-state index is -0.431. The summed E-state index contributed by atoms with van der Waals surface area (Å²) in [5.74, 6) is 1.50. The van der Waals surface area contributed by atoms with Gasteiger partial charge in [-0.25, -0.2) is 9.37 Å². The second-order valence-electron chi connectivity index (χ2n) is 5.59. The van der Waals surface area contributed by atoms with E-state index in [1.807, 2.05) is 0 Å². The Morgan fingerprint density at radius 2 is 2.10 bits per heavy atom. The maximum atomic E-state index is 13.3. The van der Waals surface area contributed by atoms with Crippen LogP contribution in [-0.4, -0.2) is 9.55 Å². The van der Waals surface area contributed by atoms with Crippen molar-refractivity contribution in [3.05, 3.63) is 34.9 Å². The Hall–Kier alpha value is -1.55. The van der Waals surface area contributed by atoms with Gasteiger partial charge < -0.3 is 10.3 Å². The van der Waals surface area contributed by atoms with Crippen LogP contribution in [0.1, 0.15) is 44.5 Å². The molecule has 0 atom stereocenters. The Labute approximate surface area is 122 Å². The van der Waals surface area contributed by atoms with E-state index >= 15 is 0 Å². The molecular weight excluding hydrogens is 277 g/mol. The highest BCUT2D eigenvalue weighted by molar-refractivity contribution is 6.31. The third-order valence-corrected chi connectivity index (χ3v) is 3.89. The van der Waals surface area contributed by atoms with Gasteiger partial charge in [0, 0.05) is 17.5 Å². The smallest absolute Gasteiger partial charge is 0.141 e. The third kappa shape index (κ3) is 2.18. The largest absolute Gasteiger partial charge is 0.383 e. The number of imidazole rings is 1. The van der Waals surface area contributed by atoms with Crippen molar-refractivity contribution in [3.63, 3.8) is 0 Å². The van der Waals surface area contributed by atoms with Gasteiger partial charge >= 0.3 is 0 Å². The number of nitrogens with two attached hydrogens (primary N) is 1. The van der Waals surface area contributed by atoms with Crippen molar-refractivity contribution < 1.29 is 4.39 Å². The first-order valence-electron chi connectivity index (χ1n) is 6.82. The zero-order valence-corrected chi connectivity index (χ0v) is 12.3. The molecule has 2 N–H and O–H groups in total. The van der Waals surface area contributed by atoms with Crippen LogP contribution in [0.25, 0.3) is 11.3 Å². The van der Waals surface area contributed by atoms with Gasteiger partial charge in [-0.1, -0.05) is 25.4 Å². The topological polar surface area (TPSA) is 43.8 Å². The molecule has 0 radical (unpaired) electrons. The second kappa shape index (κ2) is 4.77. The number of hydrogen-bond donors (Lipinski definition) is 1. The van der Waals surface area contributed by atoms with Crippen molar-refractivity contribution >= 4 is 17.4 Å². The minimum absolute atomic E-state index is 0.0916. The van der Waals surface area contributed by atoms with Crippen molar-refractivity contribution in [2.24, 2.45) is 0 Å². The molecule has 1 heterocycles. The second-order valence-corrected chi connectivity index (χ2v) is 6.00. The van der Waals surface area contributed by atoms with Gasteiger partial charge in [0.15, 0.2) is 0 Å². The number of nitrogen functional groups attached to an aromatic ring is 1. The van der Waals surface area contributed by atoms with Crippen LogP contribution in [0.3, 0.4) is 0 Å². The Morgan fingerprint density at radius 1 is 1.40 bits per heavy atom. The minimum Gasteiger partial charge on any atom is -0.383 e. The number of halogens is 2. The number of rotatable bonds is 3. The number of aromatic nitrogens is 2. The van der Waals surface area contributed by atoms with E-state index in [0.717, 1.165) is 24.2 Å². The molecule has 2 aromatic rings. The zero-order valence-electron chi connectivity index (χ0n) is 11.5. The standard InChI is InChI=1S/C15H17ClFN3/c1-8(2)15-19-13(14(18)20(15)10-4-5-10)9-3-6-12(17)11(16)7-9/h3,6-8,10H,4-5,18H2,1-2H3. The van der Waals surface area contributed by atoms with E-state index in [9.17, 15) is 4.39 Å². The van der Waals surface area contributed by atoms with Gasteiger partial charge in [0.25, 0.3) is 0 Å². The average molecular weight is 294 g/mol. The van der Waals surface area contributed by atoms with Crippen molar-refractivity contribution in [2.75, 3.05) is 5.73 Å². The Kier molecular flexibility index (Phi) is 3.21. The summed E-state index contributed by atoms with van der Waals surface area (Å²) in [4.78, 5) is 4.67. The Morgan fingerprint density at radius 3 is 2.65 bits per heavy atom. The number of anilines is 1. The molecule has 1 aliphatic rings. The van der Waals surface area contributed by atoms with Crippen molar-refractivity contribution in [3.8, 4) is 11.3 Å². The summed E-state index contributed by atoms with van der Waals surface area (Å²) in [6.45, 7) is 4.20. The lowest BCUT2D eigenvalue weighted by Gasteiger charge is -2.10. The summed E-state index contributed by atoms with van der Waals surface area (Å²) in [7, 11) is 0. The van der Waals surface area contributed by atoms with Crippen molar-refractivity contribution in [2.45, 2.75) is 38.6 Å². The molecule has 20 heavy (non-hydrogen) atoms. The lowest BCUT2D eigenvalue weighted by atomic mass is 10.1. The predicted molar refractivity (Wildman–Crippen MR) is 79.4 cm³/mol. The van der Waals surface area contributed by atoms with Gasteiger partial charge in [0.2, 0.25) is 0 Å². The monoisotopic (exact) mass is 293 g/mol. The van der Waals surface area contributed by atoms with Crippen LogP contribution in [0.5, 0.6) is 0 Å². The van der Waals surface area contributed by atoms with Gasteiger partial charge in [-0.05, 0) is 31.0 Å². The zero-order chi connectivity index (χ0) is 14.4. The molecule has 0 unspecified atom stereocenters. The Bertz CT molecular complexity index is 659. The molecule has 3 nitrogen and oxygen atoms in total. The summed E-state index contributed by atoms with van der Waals surface area (Å²) in [6.07, 6.45) is 2.29. The predicted octanol–water partition coefficient (Wildman–Crippen LogP) is 4.38. The van der Waals surface area contributed by atoms with Crippen LogP contribution in [0.4, 0.5) is 10.2 Å². The van der Waals surface area contributed by atoms with Crippen LogP contribution in [0, 0.1) is 5.82 Å². The van der Waals surface area contributed by atoms with Crippen molar-refractivity contribution in [1.29, 1.82) is 0 Å². The fraction of sp³-hybridized carbons (Fsp3) is 0.400. The molecule has 1 aliphatic carbocycles. The third-order valence-electron chi connectivity index (χ3n) is 3.60. The van der Waals surface area contributed by atoms with Crippen LogP contribution < -0.4 is 5.73 Å². The molecule has 5 heteroatoms. The lowest BCUT2D eigenvalue weighted by molar-refractivity contribution is 0.628. The Balaban J connectivity index is 2.13. The van der Waals surface area contributed by atoms with E-state index in [1.165, 1.54) is 6.07 Å². The molecule has 1 saturated carbocycles. The summed E-state index contributed by atoms with van der Waals surface area (Å²) in [5.41, 5.74) is 7.72. The van der Waals surface area contributed by atoms with Gasteiger partial charge in [-0.2, -0.15) is 0 Å². The molecule has 0 saturated heterocycles. The summed E-state index contributed by atoms with van der Waals surface area (Å²) >= 11 is 5.85. The first-order chi connectivity index (χ1) is 9.49. The summed E-state index contributed by atoms with van der Waals surface area (Å²) in [5, 5.41) is 0.0916. The van der Waals surface area contributed by atoms with E-state index in [2.05, 4.69) is 23.4 Å². The van der Waals surface area contributed by atoms with Gasteiger partial charge in [0.05, 0.1) is 5.02 Å². The highest BCUT2D eigenvalue weighted by Crippen LogP contribution is 2.42. The highest BCUT2D eigenvalue weighted by atomic mass is 35.5. The molecule has 3 rings (SSSR count). The fourth-order valence-corrected chi connectivity index (χ4v) is 2.62. The lowest BCUT2D eigenvalue weighted by Crippen LogP contribution is -2.06. The maximum absolute atomic E-state index is 13.3. The van der Waals surface area contributed by atoms with E-state index < -0.39 is 5.82 Å². The number of hydrogen-bond acceptors (Lipinski definition) is 2. The van der Waals surface area contributed by atoms with E-state index in [4.69, 9.17) is 17.3 Å². The first kappa shape index (κ1) is 13.4. The number of benzene rings is 1. The maximum Gasteiger partial charge on any atom is 0.141 e. The summed E-state index contributed by atoms with van der Waals surface area (Å²) < 4.78 is 15.4. The van der Waals surface area contributed by atoms with Gasteiger partial charge in [-0.15, -0.1) is 0 Å². The first-order valence-corrected chi connectivity index (χ1v) is 7.20.